The maximum atomic E-state index is 13.1. The molecule has 148 valence electrons. The highest BCUT2D eigenvalue weighted by Crippen LogP contribution is 2.35. The van der Waals surface area contributed by atoms with E-state index in [0.717, 1.165) is 44.1 Å². The van der Waals surface area contributed by atoms with Crippen LogP contribution in [0.5, 0.6) is 11.5 Å². The average molecular weight is 383 g/mol. The van der Waals surface area contributed by atoms with Gasteiger partial charge in [0.1, 0.15) is 17.8 Å². The minimum atomic E-state index is -0.599. The van der Waals surface area contributed by atoms with E-state index >= 15 is 0 Å². The van der Waals surface area contributed by atoms with Gasteiger partial charge >= 0.3 is 0 Å². The van der Waals surface area contributed by atoms with Crippen LogP contribution in [0.3, 0.4) is 0 Å². The summed E-state index contributed by atoms with van der Waals surface area (Å²) >= 11 is 0. The molecule has 28 heavy (non-hydrogen) atoms. The number of fused-ring (bicyclic) bond motifs is 2. The Kier molecular flexibility index (Phi) is 4.43. The number of rotatable bonds is 2. The van der Waals surface area contributed by atoms with Crippen LogP contribution < -0.4 is 14.8 Å². The lowest BCUT2D eigenvalue weighted by Crippen LogP contribution is -2.52. The van der Waals surface area contributed by atoms with E-state index in [4.69, 9.17) is 9.47 Å². The van der Waals surface area contributed by atoms with Crippen molar-refractivity contribution < 1.29 is 14.3 Å². The summed E-state index contributed by atoms with van der Waals surface area (Å²) in [5, 5.41) is 12.1. The highest BCUT2D eigenvalue weighted by molar-refractivity contribution is 5.82. The molecule has 0 aliphatic carbocycles. The van der Waals surface area contributed by atoms with Gasteiger partial charge in [-0.3, -0.25) is 4.79 Å². The van der Waals surface area contributed by atoms with Crippen molar-refractivity contribution in [2.45, 2.75) is 51.0 Å². The van der Waals surface area contributed by atoms with Crippen LogP contribution in [0.4, 0.5) is 0 Å². The van der Waals surface area contributed by atoms with Crippen LogP contribution in [0, 0.1) is 0 Å². The molecule has 0 spiro atoms. The van der Waals surface area contributed by atoms with E-state index in [2.05, 4.69) is 20.1 Å². The Bertz CT molecular complexity index is 874. The Labute approximate surface area is 163 Å². The van der Waals surface area contributed by atoms with E-state index in [1.807, 2.05) is 36.1 Å². The van der Waals surface area contributed by atoms with Gasteiger partial charge in [0.25, 0.3) is 5.91 Å². The number of hydrogen-bond acceptors (Lipinski definition) is 6. The third-order valence-electron chi connectivity index (χ3n) is 5.91. The van der Waals surface area contributed by atoms with E-state index < -0.39 is 6.10 Å². The van der Waals surface area contributed by atoms with Gasteiger partial charge < -0.3 is 24.3 Å². The number of nitrogens with zero attached hydrogens (tertiary/aromatic N) is 4. The Morgan fingerprint density at radius 3 is 2.64 bits per heavy atom. The summed E-state index contributed by atoms with van der Waals surface area (Å²) in [4.78, 5) is 15.0. The summed E-state index contributed by atoms with van der Waals surface area (Å²) in [7, 11) is 0. The van der Waals surface area contributed by atoms with Gasteiger partial charge in [0.2, 0.25) is 6.10 Å². The first-order valence-corrected chi connectivity index (χ1v) is 10.0. The number of benzene rings is 1. The van der Waals surface area contributed by atoms with Crippen LogP contribution in [0.25, 0.3) is 0 Å². The molecular weight excluding hydrogens is 358 g/mol. The summed E-state index contributed by atoms with van der Waals surface area (Å²) in [5.74, 6) is 3.78. The quantitative estimate of drug-likeness (QED) is 0.842. The van der Waals surface area contributed by atoms with Gasteiger partial charge in [-0.1, -0.05) is 12.1 Å². The zero-order valence-corrected chi connectivity index (χ0v) is 16.0. The van der Waals surface area contributed by atoms with Crippen molar-refractivity contribution in [1.29, 1.82) is 0 Å². The molecule has 0 saturated carbocycles. The molecule has 3 aliphatic rings. The summed E-state index contributed by atoms with van der Waals surface area (Å²) in [5.41, 5.74) is 0. The van der Waals surface area contributed by atoms with Crippen molar-refractivity contribution in [3.05, 3.63) is 35.9 Å². The van der Waals surface area contributed by atoms with Gasteiger partial charge in [-0.05, 0) is 31.9 Å². The molecule has 1 saturated heterocycles. The molecule has 1 amide bonds. The van der Waals surface area contributed by atoms with Crippen LogP contribution in [0.2, 0.25) is 0 Å². The third kappa shape index (κ3) is 3.01. The summed E-state index contributed by atoms with van der Waals surface area (Å²) < 4.78 is 14.1. The molecule has 4 heterocycles. The molecule has 0 bridgehead atoms. The molecule has 1 N–H and O–H groups in total. The number of carbonyl (C=O) groups excluding carboxylic acids is 1. The number of likely N-dealkylation sites (tertiary alicyclic amines) is 1. The summed E-state index contributed by atoms with van der Waals surface area (Å²) in [6.45, 7) is 5.95. The van der Waals surface area contributed by atoms with Crippen molar-refractivity contribution in [3.63, 3.8) is 0 Å². The second-order valence-corrected chi connectivity index (χ2v) is 7.71. The highest BCUT2D eigenvalue weighted by Gasteiger charge is 2.38. The number of carbonyl (C=O) groups is 1. The fraction of sp³-hybridized carbons (Fsp3) is 0.550. The molecular formula is C20H25N5O3. The molecule has 2 unspecified atom stereocenters. The maximum absolute atomic E-state index is 13.1. The number of aromatic nitrogens is 3. The molecule has 0 radical (unpaired) electrons. The van der Waals surface area contributed by atoms with E-state index in [-0.39, 0.29) is 12.0 Å². The third-order valence-corrected chi connectivity index (χ3v) is 5.91. The van der Waals surface area contributed by atoms with Crippen LogP contribution >= 0.6 is 0 Å². The number of hydrogen-bond donors (Lipinski definition) is 1. The zero-order chi connectivity index (χ0) is 19.1. The van der Waals surface area contributed by atoms with E-state index in [1.165, 1.54) is 0 Å². The Balaban J connectivity index is 1.25. The molecule has 8 heteroatoms. The first kappa shape index (κ1) is 17.5. The molecule has 8 nitrogen and oxygen atoms in total. The zero-order valence-electron chi connectivity index (χ0n) is 16.0. The summed E-state index contributed by atoms with van der Waals surface area (Å²) in [6, 6.07) is 7.50. The molecule has 1 aromatic heterocycles. The van der Waals surface area contributed by atoms with Gasteiger partial charge in [0, 0.05) is 32.1 Å². The van der Waals surface area contributed by atoms with Crippen molar-refractivity contribution in [2.75, 3.05) is 19.6 Å². The average Bonchev–Trinajstić information content (AvgIpc) is 3.17. The van der Waals surface area contributed by atoms with Crippen molar-refractivity contribution in [2.24, 2.45) is 0 Å². The van der Waals surface area contributed by atoms with Crippen LogP contribution in [-0.2, 0) is 17.9 Å². The maximum Gasteiger partial charge on any atom is 0.267 e. The number of para-hydroxylation sites is 2. The fourth-order valence-corrected chi connectivity index (χ4v) is 4.35. The van der Waals surface area contributed by atoms with Gasteiger partial charge in [-0.25, -0.2) is 0 Å². The van der Waals surface area contributed by atoms with Crippen LogP contribution in [-0.4, -0.2) is 57.4 Å². The van der Waals surface area contributed by atoms with E-state index in [0.29, 0.717) is 30.5 Å². The van der Waals surface area contributed by atoms with Gasteiger partial charge in [-0.15, -0.1) is 10.2 Å². The summed E-state index contributed by atoms with van der Waals surface area (Å²) in [6.07, 6.45) is 0.889. The predicted molar refractivity (Wildman–Crippen MR) is 101 cm³/mol. The first-order chi connectivity index (χ1) is 13.7. The lowest BCUT2D eigenvalue weighted by Gasteiger charge is -2.37. The van der Waals surface area contributed by atoms with Crippen LogP contribution in [0.1, 0.15) is 37.3 Å². The second-order valence-electron chi connectivity index (χ2n) is 7.71. The lowest BCUT2D eigenvalue weighted by atomic mass is 9.95. The topological polar surface area (TPSA) is 81.5 Å². The van der Waals surface area contributed by atoms with Gasteiger partial charge in [0.05, 0.1) is 6.54 Å². The number of nitrogens with one attached hydrogen (secondary N) is 1. The predicted octanol–water partition coefficient (Wildman–Crippen LogP) is 1.32. The normalized spacial score (nSPS) is 24.7. The minimum Gasteiger partial charge on any atom is -0.482 e. The van der Waals surface area contributed by atoms with Gasteiger partial charge in [0.15, 0.2) is 11.5 Å². The number of ether oxygens (including phenoxy) is 2. The standard InChI is InChI=1S/C20H25N5O3/c1-13-18(28-16-5-3-2-4-15(16)27-13)20(26)24-9-6-14(7-10-24)19-23-22-17-12-21-8-11-25(17)19/h2-5,13-14,18,21H,6-12H2,1H3. The Morgan fingerprint density at radius 1 is 1.11 bits per heavy atom. The molecule has 1 fully saturated rings. The SMILES string of the molecule is CC1Oc2ccccc2OC1C(=O)N1CCC(c2nnc3n2CCNC3)CC1. The van der Waals surface area contributed by atoms with E-state index in [1.54, 1.807) is 0 Å². The number of piperidine rings is 1. The molecule has 3 aliphatic heterocycles. The van der Waals surface area contributed by atoms with Gasteiger partial charge in [-0.2, -0.15) is 0 Å². The molecule has 2 atom stereocenters. The monoisotopic (exact) mass is 383 g/mol. The molecule has 5 rings (SSSR count). The van der Waals surface area contributed by atoms with Crippen LogP contribution in [0.15, 0.2) is 24.3 Å². The molecule has 1 aromatic carbocycles. The Morgan fingerprint density at radius 2 is 1.86 bits per heavy atom. The molecule has 2 aromatic rings. The Hall–Kier alpha value is -2.61. The number of amides is 1. The highest BCUT2D eigenvalue weighted by atomic mass is 16.6. The van der Waals surface area contributed by atoms with Crippen molar-refractivity contribution in [3.8, 4) is 11.5 Å². The lowest BCUT2D eigenvalue weighted by molar-refractivity contribution is -0.145. The minimum absolute atomic E-state index is 0.00734. The largest absolute Gasteiger partial charge is 0.482 e. The first-order valence-electron chi connectivity index (χ1n) is 10.0. The fourth-order valence-electron chi connectivity index (χ4n) is 4.35. The van der Waals surface area contributed by atoms with E-state index in [9.17, 15) is 4.79 Å². The second kappa shape index (κ2) is 7.09. The smallest absolute Gasteiger partial charge is 0.267 e. The van der Waals surface area contributed by atoms with Crippen molar-refractivity contribution >= 4 is 5.91 Å². The van der Waals surface area contributed by atoms with Crippen molar-refractivity contribution in [1.82, 2.24) is 25.0 Å².